The van der Waals surface area contributed by atoms with Crippen molar-refractivity contribution in [2.75, 3.05) is 10.6 Å². The van der Waals surface area contributed by atoms with Crippen LogP contribution < -0.4 is 16.4 Å². The van der Waals surface area contributed by atoms with Crippen molar-refractivity contribution < 1.29 is 14.0 Å². The molecule has 23 heavy (non-hydrogen) atoms. The minimum Gasteiger partial charge on any atom is -0.380 e. The third-order valence-corrected chi connectivity index (χ3v) is 3.49. The standard InChI is InChI=1S/C16H15BrFN3O2/c1-9(22)21-12-4-2-3-10(5-12)8-20-14-7-11(17)6-13(18)15(14)16(19)23/h2-7,20H,8H2,1H3,(H2,19,23)(H,21,22). The van der Waals surface area contributed by atoms with Crippen LogP contribution in [0.25, 0.3) is 0 Å². The highest BCUT2D eigenvalue weighted by Gasteiger charge is 2.15. The first-order chi connectivity index (χ1) is 10.9. The van der Waals surface area contributed by atoms with E-state index in [-0.39, 0.29) is 11.5 Å². The molecule has 2 aromatic rings. The Kier molecular flexibility index (Phi) is 5.33. The first kappa shape index (κ1) is 17.0. The molecule has 0 spiro atoms. The molecule has 0 radical (unpaired) electrons. The fourth-order valence-corrected chi connectivity index (χ4v) is 2.55. The number of benzene rings is 2. The minimum atomic E-state index is -0.843. The van der Waals surface area contributed by atoms with Crippen LogP contribution >= 0.6 is 15.9 Å². The second-order valence-corrected chi connectivity index (χ2v) is 5.83. The maximum atomic E-state index is 13.9. The van der Waals surface area contributed by atoms with Gasteiger partial charge in [-0.05, 0) is 29.8 Å². The Morgan fingerprint density at radius 1 is 1.26 bits per heavy atom. The normalized spacial score (nSPS) is 10.2. The van der Waals surface area contributed by atoms with E-state index in [1.165, 1.54) is 13.0 Å². The molecule has 0 atom stereocenters. The molecular weight excluding hydrogens is 365 g/mol. The lowest BCUT2D eigenvalue weighted by molar-refractivity contribution is -0.114. The topological polar surface area (TPSA) is 84.2 Å². The Balaban J connectivity index is 2.21. The van der Waals surface area contributed by atoms with Crippen LogP contribution in [0.5, 0.6) is 0 Å². The Bertz CT molecular complexity index is 765. The van der Waals surface area contributed by atoms with E-state index in [9.17, 15) is 14.0 Å². The Morgan fingerprint density at radius 2 is 2.00 bits per heavy atom. The fourth-order valence-electron chi connectivity index (χ4n) is 2.12. The molecule has 4 N–H and O–H groups in total. The lowest BCUT2D eigenvalue weighted by Crippen LogP contribution is -2.16. The van der Waals surface area contributed by atoms with Gasteiger partial charge in [0, 0.05) is 23.6 Å². The third-order valence-electron chi connectivity index (χ3n) is 3.03. The zero-order chi connectivity index (χ0) is 17.0. The van der Waals surface area contributed by atoms with Crippen LogP contribution in [0.1, 0.15) is 22.8 Å². The van der Waals surface area contributed by atoms with E-state index >= 15 is 0 Å². The molecule has 120 valence electrons. The SMILES string of the molecule is CC(=O)Nc1cccc(CNc2cc(Br)cc(F)c2C(N)=O)c1. The van der Waals surface area contributed by atoms with Crippen LogP contribution in [0.2, 0.25) is 0 Å². The van der Waals surface area contributed by atoms with Crippen molar-refractivity contribution in [1.29, 1.82) is 0 Å². The summed E-state index contributed by atoms with van der Waals surface area (Å²) in [7, 11) is 0. The number of rotatable bonds is 5. The molecule has 0 saturated carbocycles. The van der Waals surface area contributed by atoms with Crippen molar-refractivity contribution in [2.24, 2.45) is 5.73 Å². The van der Waals surface area contributed by atoms with Crippen molar-refractivity contribution in [3.63, 3.8) is 0 Å². The number of primary amides is 1. The van der Waals surface area contributed by atoms with Gasteiger partial charge in [0.1, 0.15) is 5.82 Å². The van der Waals surface area contributed by atoms with Gasteiger partial charge in [-0.1, -0.05) is 28.1 Å². The van der Waals surface area contributed by atoms with Gasteiger partial charge in [0.05, 0.1) is 11.3 Å². The van der Waals surface area contributed by atoms with Crippen LogP contribution in [0.15, 0.2) is 40.9 Å². The number of carbonyl (C=O) groups excluding carboxylic acids is 2. The second-order valence-electron chi connectivity index (χ2n) is 4.91. The van der Waals surface area contributed by atoms with Gasteiger partial charge in [-0.3, -0.25) is 9.59 Å². The van der Waals surface area contributed by atoms with Gasteiger partial charge in [-0.2, -0.15) is 0 Å². The van der Waals surface area contributed by atoms with Crippen molar-refractivity contribution in [2.45, 2.75) is 13.5 Å². The molecule has 5 nitrogen and oxygen atoms in total. The summed E-state index contributed by atoms with van der Waals surface area (Å²) in [5.74, 6) is -1.70. The Morgan fingerprint density at radius 3 is 2.65 bits per heavy atom. The van der Waals surface area contributed by atoms with Crippen LogP contribution in [0.3, 0.4) is 0 Å². The van der Waals surface area contributed by atoms with Gasteiger partial charge < -0.3 is 16.4 Å². The number of anilines is 2. The zero-order valence-electron chi connectivity index (χ0n) is 12.3. The van der Waals surface area contributed by atoms with Gasteiger partial charge in [0.2, 0.25) is 5.91 Å². The molecule has 0 aliphatic rings. The number of hydrogen-bond donors (Lipinski definition) is 3. The Labute approximate surface area is 141 Å². The van der Waals surface area contributed by atoms with Crippen molar-refractivity contribution in [3.8, 4) is 0 Å². The molecule has 0 aromatic heterocycles. The van der Waals surface area contributed by atoms with Gasteiger partial charge >= 0.3 is 0 Å². The predicted molar refractivity (Wildman–Crippen MR) is 90.7 cm³/mol. The smallest absolute Gasteiger partial charge is 0.253 e. The molecule has 2 aromatic carbocycles. The van der Waals surface area contributed by atoms with Gasteiger partial charge in [-0.25, -0.2) is 4.39 Å². The second kappa shape index (κ2) is 7.23. The largest absolute Gasteiger partial charge is 0.380 e. The van der Waals surface area contributed by atoms with Crippen LogP contribution in [0.4, 0.5) is 15.8 Å². The molecule has 0 saturated heterocycles. The molecule has 0 heterocycles. The highest BCUT2D eigenvalue weighted by atomic mass is 79.9. The summed E-state index contributed by atoms with van der Waals surface area (Å²) in [6.45, 7) is 1.76. The summed E-state index contributed by atoms with van der Waals surface area (Å²) in [5.41, 5.74) is 6.86. The van der Waals surface area contributed by atoms with Crippen molar-refractivity contribution in [3.05, 3.63) is 57.8 Å². The quantitative estimate of drug-likeness (QED) is 0.745. The van der Waals surface area contributed by atoms with Gasteiger partial charge in [0.25, 0.3) is 5.91 Å². The maximum absolute atomic E-state index is 13.9. The zero-order valence-corrected chi connectivity index (χ0v) is 13.9. The summed E-state index contributed by atoms with van der Waals surface area (Å²) < 4.78 is 14.4. The highest BCUT2D eigenvalue weighted by molar-refractivity contribution is 9.10. The summed E-state index contributed by atoms with van der Waals surface area (Å²) in [6, 6.07) is 9.95. The molecule has 0 bridgehead atoms. The van der Waals surface area contributed by atoms with E-state index in [2.05, 4.69) is 26.6 Å². The summed E-state index contributed by atoms with van der Waals surface area (Å²) in [4.78, 5) is 22.5. The first-order valence-corrected chi connectivity index (χ1v) is 7.55. The van der Waals surface area contributed by atoms with Crippen LogP contribution in [-0.2, 0) is 11.3 Å². The minimum absolute atomic E-state index is 0.166. The average molecular weight is 380 g/mol. The van der Waals surface area contributed by atoms with E-state index in [0.717, 1.165) is 5.56 Å². The molecule has 0 unspecified atom stereocenters. The molecule has 0 fully saturated rings. The molecule has 7 heteroatoms. The first-order valence-electron chi connectivity index (χ1n) is 6.76. The molecular formula is C16H15BrFN3O2. The number of nitrogens with one attached hydrogen (secondary N) is 2. The summed E-state index contributed by atoms with van der Waals surface area (Å²) in [5, 5.41) is 5.67. The number of nitrogens with two attached hydrogens (primary N) is 1. The van der Waals surface area contributed by atoms with E-state index in [1.807, 2.05) is 6.07 Å². The lowest BCUT2D eigenvalue weighted by Gasteiger charge is -2.12. The molecule has 0 aliphatic heterocycles. The van der Waals surface area contributed by atoms with E-state index in [1.54, 1.807) is 24.3 Å². The third kappa shape index (κ3) is 4.53. The molecule has 2 rings (SSSR count). The fraction of sp³-hybridized carbons (Fsp3) is 0.125. The number of hydrogen-bond acceptors (Lipinski definition) is 3. The van der Waals surface area contributed by atoms with Crippen LogP contribution in [-0.4, -0.2) is 11.8 Å². The summed E-state index contributed by atoms with van der Waals surface area (Å²) in [6.07, 6.45) is 0. The Hall–Kier alpha value is -2.41. The number of amides is 2. The van der Waals surface area contributed by atoms with Gasteiger partial charge in [-0.15, -0.1) is 0 Å². The summed E-state index contributed by atoms with van der Waals surface area (Å²) >= 11 is 3.18. The maximum Gasteiger partial charge on any atom is 0.253 e. The number of carbonyl (C=O) groups is 2. The van der Waals surface area contributed by atoms with Crippen molar-refractivity contribution >= 4 is 39.1 Å². The monoisotopic (exact) mass is 379 g/mol. The highest BCUT2D eigenvalue weighted by Crippen LogP contribution is 2.25. The average Bonchev–Trinajstić information content (AvgIpc) is 2.43. The van der Waals surface area contributed by atoms with Crippen molar-refractivity contribution in [1.82, 2.24) is 0 Å². The van der Waals surface area contributed by atoms with Crippen LogP contribution in [0, 0.1) is 5.82 Å². The molecule has 0 aliphatic carbocycles. The van der Waals surface area contributed by atoms with Gasteiger partial charge in [0.15, 0.2) is 0 Å². The predicted octanol–water partition coefficient (Wildman–Crippen LogP) is 3.26. The number of halogens is 2. The van der Waals surface area contributed by atoms with E-state index in [4.69, 9.17) is 5.73 Å². The molecule has 2 amide bonds. The van der Waals surface area contributed by atoms with E-state index < -0.39 is 11.7 Å². The lowest BCUT2D eigenvalue weighted by atomic mass is 10.1. The van der Waals surface area contributed by atoms with E-state index in [0.29, 0.717) is 22.4 Å².